The van der Waals surface area contributed by atoms with Crippen LogP contribution in [0.4, 0.5) is 8.78 Å². The van der Waals surface area contributed by atoms with Gasteiger partial charge < -0.3 is 10.5 Å². The molecular weight excluding hydrogens is 316 g/mol. The molecule has 2 N–H and O–H groups in total. The second-order valence-corrected chi connectivity index (χ2v) is 4.97. The summed E-state index contributed by atoms with van der Waals surface area (Å²) in [7, 11) is 0. The van der Waals surface area contributed by atoms with Crippen molar-refractivity contribution in [2.45, 2.75) is 13.0 Å². The highest BCUT2D eigenvalue weighted by atomic mass is 79.9. The smallest absolute Gasteiger partial charge is 0.144 e. The first-order valence-corrected chi connectivity index (χ1v) is 6.45. The molecule has 0 saturated carbocycles. The van der Waals surface area contributed by atoms with Gasteiger partial charge in [0, 0.05) is 17.7 Å². The van der Waals surface area contributed by atoms with E-state index in [0.717, 1.165) is 0 Å². The molecule has 0 radical (unpaired) electrons. The predicted molar refractivity (Wildman–Crippen MR) is 73.2 cm³/mol. The molecule has 0 unspecified atom stereocenters. The van der Waals surface area contributed by atoms with Crippen LogP contribution < -0.4 is 10.5 Å². The quantitative estimate of drug-likeness (QED) is 0.898. The van der Waals surface area contributed by atoms with Gasteiger partial charge in [0.05, 0.1) is 4.47 Å². The molecule has 0 aromatic heterocycles. The van der Waals surface area contributed by atoms with Crippen LogP contribution in [-0.2, 0) is 0 Å². The normalized spacial score (nSPS) is 12.3. The molecule has 19 heavy (non-hydrogen) atoms. The molecule has 0 amide bonds. The van der Waals surface area contributed by atoms with Crippen molar-refractivity contribution in [2.75, 3.05) is 0 Å². The molecule has 5 heteroatoms. The van der Waals surface area contributed by atoms with Crippen LogP contribution in [0.25, 0.3) is 0 Å². The molecule has 100 valence electrons. The van der Waals surface area contributed by atoms with Gasteiger partial charge in [-0.1, -0.05) is 6.07 Å². The van der Waals surface area contributed by atoms with Crippen molar-refractivity contribution in [3.63, 3.8) is 0 Å². The van der Waals surface area contributed by atoms with Gasteiger partial charge in [-0.2, -0.15) is 0 Å². The zero-order valence-corrected chi connectivity index (χ0v) is 11.7. The topological polar surface area (TPSA) is 35.2 Å². The Morgan fingerprint density at radius 3 is 2.58 bits per heavy atom. The average Bonchev–Trinajstić information content (AvgIpc) is 2.33. The first-order valence-electron chi connectivity index (χ1n) is 5.66. The Hall–Kier alpha value is -1.46. The number of ether oxygens (including phenoxy) is 1. The van der Waals surface area contributed by atoms with Gasteiger partial charge in [-0.25, -0.2) is 8.78 Å². The lowest BCUT2D eigenvalue weighted by Crippen LogP contribution is -2.09. The number of rotatable bonds is 3. The summed E-state index contributed by atoms with van der Waals surface area (Å²) in [6, 6.07) is 7.95. The van der Waals surface area contributed by atoms with Gasteiger partial charge >= 0.3 is 0 Å². The number of hydrogen-bond acceptors (Lipinski definition) is 2. The maximum absolute atomic E-state index is 13.7. The summed E-state index contributed by atoms with van der Waals surface area (Å²) in [4.78, 5) is 0. The second-order valence-electron chi connectivity index (χ2n) is 4.12. The molecule has 0 saturated heterocycles. The third-order valence-electron chi connectivity index (χ3n) is 2.58. The standard InChI is InChI=1S/C14H12BrF2NO/c1-8(18)14-11(17)3-2-4-12(14)19-13-7-9(16)5-6-10(13)15/h2-8H,18H2,1H3/t8-/m1/s1. The lowest BCUT2D eigenvalue weighted by atomic mass is 10.1. The molecule has 2 rings (SSSR count). The van der Waals surface area contributed by atoms with Crippen LogP contribution in [0.3, 0.4) is 0 Å². The summed E-state index contributed by atoms with van der Waals surface area (Å²) >= 11 is 3.25. The Morgan fingerprint density at radius 1 is 1.16 bits per heavy atom. The summed E-state index contributed by atoms with van der Waals surface area (Å²) in [5.74, 6) is -0.328. The van der Waals surface area contributed by atoms with Gasteiger partial charge in [0.1, 0.15) is 23.1 Å². The third-order valence-corrected chi connectivity index (χ3v) is 3.24. The van der Waals surface area contributed by atoms with E-state index < -0.39 is 17.7 Å². The number of hydrogen-bond donors (Lipinski definition) is 1. The van der Waals surface area contributed by atoms with Crippen LogP contribution in [-0.4, -0.2) is 0 Å². The van der Waals surface area contributed by atoms with E-state index in [1.54, 1.807) is 13.0 Å². The van der Waals surface area contributed by atoms with Crippen molar-refractivity contribution >= 4 is 15.9 Å². The van der Waals surface area contributed by atoms with Crippen molar-refractivity contribution < 1.29 is 13.5 Å². The van der Waals surface area contributed by atoms with Gasteiger partial charge in [0.2, 0.25) is 0 Å². The van der Waals surface area contributed by atoms with Crippen LogP contribution in [0.5, 0.6) is 11.5 Å². The van der Waals surface area contributed by atoms with Gasteiger partial charge in [-0.05, 0) is 47.1 Å². The van der Waals surface area contributed by atoms with Crippen LogP contribution >= 0.6 is 15.9 Å². The summed E-state index contributed by atoms with van der Waals surface area (Å²) in [5, 5.41) is 0. The molecule has 2 aromatic carbocycles. The van der Waals surface area contributed by atoms with Crippen molar-refractivity contribution in [1.82, 2.24) is 0 Å². The van der Waals surface area contributed by atoms with Crippen molar-refractivity contribution in [3.8, 4) is 11.5 Å². The minimum absolute atomic E-state index is 0.263. The van der Waals surface area contributed by atoms with E-state index in [9.17, 15) is 8.78 Å². The fourth-order valence-corrected chi connectivity index (χ4v) is 2.05. The lowest BCUT2D eigenvalue weighted by Gasteiger charge is -2.15. The highest BCUT2D eigenvalue weighted by Crippen LogP contribution is 2.34. The van der Waals surface area contributed by atoms with E-state index in [4.69, 9.17) is 10.5 Å². The molecule has 0 aliphatic rings. The average molecular weight is 328 g/mol. The van der Waals surface area contributed by atoms with E-state index in [0.29, 0.717) is 4.47 Å². The summed E-state index contributed by atoms with van der Waals surface area (Å²) in [6.45, 7) is 1.66. The molecule has 0 fully saturated rings. The molecule has 0 aliphatic carbocycles. The fraction of sp³-hybridized carbons (Fsp3) is 0.143. The molecule has 2 nitrogen and oxygen atoms in total. The van der Waals surface area contributed by atoms with Crippen LogP contribution in [0.15, 0.2) is 40.9 Å². The van der Waals surface area contributed by atoms with E-state index in [-0.39, 0.29) is 17.1 Å². The zero-order valence-electron chi connectivity index (χ0n) is 10.2. The highest BCUT2D eigenvalue weighted by molar-refractivity contribution is 9.10. The maximum Gasteiger partial charge on any atom is 0.144 e. The molecule has 1 atom stereocenters. The minimum Gasteiger partial charge on any atom is -0.456 e. The third kappa shape index (κ3) is 3.11. The van der Waals surface area contributed by atoms with Gasteiger partial charge in [-0.3, -0.25) is 0 Å². The Kier molecular flexibility index (Phi) is 4.17. The largest absolute Gasteiger partial charge is 0.456 e. The SMILES string of the molecule is C[C@@H](N)c1c(F)cccc1Oc1cc(F)ccc1Br. The van der Waals surface area contributed by atoms with Crippen LogP contribution in [0.2, 0.25) is 0 Å². The maximum atomic E-state index is 13.7. The predicted octanol–water partition coefficient (Wildman–Crippen LogP) is 4.54. The van der Waals surface area contributed by atoms with Gasteiger partial charge in [0.25, 0.3) is 0 Å². The first kappa shape index (κ1) is 14.0. The lowest BCUT2D eigenvalue weighted by molar-refractivity contribution is 0.454. The van der Waals surface area contributed by atoms with Crippen molar-refractivity contribution in [1.29, 1.82) is 0 Å². The van der Waals surface area contributed by atoms with E-state index in [2.05, 4.69) is 15.9 Å². The van der Waals surface area contributed by atoms with E-state index >= 15 is 0 Å². The summed E-state index contributed by atoms with van der Waals surface area (Å²) in [5.41, 5.74) is 5.99. The Bertz CT molecular complexity index is 602. The summed E-state index contributed by atoms with van der Waals surface area (Å²) in [6.07, 6.45) is 0. The number of benzene rings is 2. The molecule has 2 aromatic rings. The van der Waals surface area contributed by atoms with Crippen LogP contribution in [0.1, 0.15) is 18.5 Å². The number of halogens is 3. The van der Waals surface area contributed by atoms with Crippen LogP contribution in [0, 0.1) is 11.6 Å². The van der Waals surface area contributed by atoms with Gasteiger partial charge in [0.15, 0.2) is 0 Å². The zero-order chi connectivity index (χ0) is 14.0. The molecule has 0 bridgehead atoms. The van der Waals surface area contributed by atoms with Gasteiger partial charge in [-0.15, -0.1) is 0 Å². The minimum atomic E-state index is -0.525. The Labute approximate surface area is 118 Å². The van der Waals surface area contributed by atoms with Crippen molar-refractivity contribution in [2.24, 2.45) is 5.73 Å². The molecule has 0 aliphatic heterocycles. The fourth-order valence-electron chi connectivity index (χ4n) is 1.72. The first-order chi connectivity index (χ1) is 8.99. The van der Waals surface area contributed by atoms with E-state index in [1.165, 1.54) is 30.3 Å². The highest BCUT2D eigenvalue weighted by Gasteiger charge is 2.15. The van der Waals surface area contributed by atoms with Crippen molar-refractivity contribution in [3.05, 3.63) is 58.1 Å². The second kappa shape index (κ2) is 5.67. The molecular formula is C14H12BrF2NO. The number of nitrogens with two attached hydrogens (primary N) is 1. The Balaban J connectivity index is 2.44. The monoisotopic (exact) mass is 327 g/mol. The summed E-state index contributed by atoms with van der Waals surface area (Å²) < 4.78 is 33.1. The Morgan fingerprint density at radius 2 is 1.89 bits per heavy atom. The van der Waals surface area contributed by atoms with E-state index in [1.807, 2.05) is 0 Å². The molecule has 0 spiro atoms. The molecule has 0 heterocycles.